The molecule has 0 saturated carbocycles. The molecule has 0 atom stereocenters. The normalized spacial score (nSPS) is 18.5. The maximum atomic E-state index is 6.48. The van der Waals surface area contributed by atoms with Crippen LogP contribution >= 0.6 is 11.6 Å². The fourth-order valence-corrected chi connectivity index (χ4v) is 6.90. The van der Waals surface area contributed by atoms with Crippen molar-refractivity contribution >= 4 is 39.5 Å². The quantitative estimate of drug-likeness (QED) is 0.193. The van der Waals surface area contributed by atoms with Gasteiger partial charge in [-0.15, -0.1) is 0 Å². The van der Waals surface area contributed by atoms with Gasteiger partial charge in [0.05, 0.1) is 5.41 Å². The summed E-state index contributed by atoms with van der Waals surface area (Å²) in [4.78, 5) is 2.53. The molecule has 0 N–H and O–H groups in total. The van der Waals surface area contributed by atoms with E-state index in [0.29, 0.717) is 0 Å². The average molecular weight is 540 g/mol. The molecule has 39 heavy (non-hydrogen) atoms. The molecular formula is C36H44ClN2+. The summed E-state index contributed by atoms with van der Waals surface area (Å²) < 4.78 is 2.58. The van der Waals surface area contributed by atoms with E-state index in [9.17, 15) is 0 Å². The minimum atomic E-state index is -0.103. The van der Waals surface area contributed by atoms with Crippen LogP contribution in [0.2, 0.25) is 5.02 Å². The SMILES string of the molecule is CCCCCN1/C(=C/C=C/C2=[N+](CCCC)c3ccc4ccccc4c3C2(C)C)C(C)(C)c2cc(Cl)ccc21. The van der Waals surface area contributed by atoms with E-state index in [4.69, 9.17) is 11.6 Å². The van der Waals surface area contributed by atoms with Crippen LogP contribution in [0.3, 0.4) is 0 Å². The first-order valence-electron chi connectivity index (χ1n) is 14.9. The molecule has 0 aliphatic carbocycles. The largest absolute Gasteiger partial charge is 0.344 e. The molecule has 204 valence electrons. The standard InChI is InChI=1S/C36H44ClN2/c1-7-9-13-24-38-30-22-20-27(37)25-29(30)35(3,4)32(38)17-14-18-33-36(5,6)34-28-16-12-11-15-26(28)19-21-31(34)39(33)23-10-8-2/h11-12,14-22,25H,7-10,13,23-24H2,1-6H3/q+1. The second-order valence-electron chi connectivity index (χ2n) is 12.3. The molecule has 3 heteroatoms. The van der Waals surface area contributed by atoms with Gasteiger partial charge in [-0.1, -0.05) is 88.9 Å². The van der Waals surface area contributed by atoms with E-state index in [0.717, 1.165) is 18.1 Å². The summed E-state index contributed by atoms with van der Waals surface area (Å²) in [7, 11) is 0. The van der Waals surface area contributed by atoms with Gasteiger partial charge >= 0.3 is 0 Å². The van der Waals surface area contributed by atoms with Crippen molar-refractivity contribution in [1.82, 2.24) is 0 Å². The van der Waals surface area contributed by atoms with Crippen LogP contribution in [0.5, 0.6) is 0 Å². The Hall–Kier alpha value is -2.84. The molecule has 0 unspecified atom stereocenters. The molecule has 5 rings (SSSR count). The number of halogens is 1. The highest BCUT2D eigenvalue weighted by Gasteiger charge is 2.45. The lowest BCUT2D eigenvalue weighted by atomic mass is 9.79. The first-order valence-corrected chi connectivity index (χ1v) is 15.2. The van der Waals surface area contributed by atoms with Gasteiger partial charge in [-0.05, 0) is 66.9 Å². The van der Waals surface area contributed by atoms with Gasteiger partial charge in [-0.2, -0.15) is 4.58 Å². The number of hydrogen-bond acceptors (Lipinski definition) is 1. The predicted molar refractivity (Wildman–Crippen MR) is 170 cm³/mol. The minimum absolute atomic E-state index is 0.0819. The van der Waals surface area contributed by atoms with Gasteiger partial charge in [-0.25, -0.2) is 0 Å². The summed E-state index contributed by atoms with van der Waals surface area (Å²) >= 11 is 6.48. The first-order chi connectivity index (χ1) is 18.7. The molecule has 0 amide bonds. The Morgan fingerprint density at radius 3 is 2.41 bits per heavy atom. The first kappa shape index (κ1) is 27.7. The van der Waals surface area contributed by atoms with Crippen LogP contribution in [0.25, 0.3) is 10.8 Å². The topological polar surface area (TPSA) is 6.25 Å². The Morgan fingerprint density at radius 2 is 1.64 bits per heavy atom. The minimum Gasteiger partial charge on any atom is -0.344 e. The fraction of sp³-hybridized carbons (Fsp3) is 0.417. The van der Waals surface area contributed by atoms with Crippen LogP contribution in [0.1, 0.15) is 84.8 Å². The van der Waals surface area contributed by atoms with Crippen LogP contribution in [-0.4, -0.2) is 23.4 Å². The Morgan fingerprint density at radius 1 is 0.872 bits per heavy atom. The third-order valence-corrected chi connectivity index (χ3v) is 9.07. The zero-order valence-corrected chi connectivity index (χ0v) is 25.4. The lowest BCUT2D eigenvalue weighted by Gasteiger charge is -2.27. The van der Waals surface area contributed by atoms with Crippen molar-refractivity contribution in [2.24, 2.45) is 0 Å². The molecule has 0 spiro atoms. The van der Waals surface area contributed by atoms with Gasteiger partial charge in [0, 0.05) is 52.5 Å². The van der Waals surface area contributed by atoms with Gasteiger partial charge in [0.25, 0.3) is 0 Å². The van der Waals surface area contributed by atoms with E-state index in [1.807, 2.05) is 6.07 Å². The van der Waals surface area contributed by atoms with Gasteiger partial charge in [0.1, 0.15) is 6.54 Å². The second kappa shape index (κ2) is 11.0. The fourth-order valence-electron chi connectivity index (χ4n) is 6.73. The lowest BCUT2D eigenvalue weighted by molar-refractivity contribution is -0.438. The number of fused-ring (bicyclic) bond motifs is 4. The van der Waals surface area contributed by atoms with E-state index >= 15 is 0 Å². The van der Waals surface area contributed by atoms with Crippen molar-refractivity contribution in [1.29, 1.82) is 0 Å². The van der Waals surface area contributed by atoms with E-state index < -0.39 is 0 Å². The molecule has 0 aromatic heterocycles. The van der Waals surface area contributed by atoms with E-state index in [1.54, 1.807) is 0 Å². The summed E-state index contributed by atoms with van der Waals surface area (Å²) in [6.45, 7) is 16.1. The zero-order valence-electron chi connectivity index (χ0n) is 24.7. The number of unbranched alkanes of at least 4 members (excludes halogenated alkanes) is 3. The highest BCUT2D eigenvalue weighted by atomic mass is 35.5. The van der Waals surface area contributed by atoms with Gasteiger partial charge < -0.3 is 4.90 Å². The van der Waals surface area contributed by atoms with Crippen molar-refractivity contribution in [3.8, 4) is 0 Å². The van der Waals surface area contributed by atoms with Crippen LogP contribution in [-0.2, 0) is 10.8 Å². The van der Waals surface area contributed by atoms with E-state index in [-0.39, 0.29) is 10.8 Å². The molecular weight excluding hydrogens is 496 g/mol. The smallest absolute Gasteiger partial charge is 0.210 e. The lowest BCUT2D eigenvalue weighted by Crippen LogP contribution is -2.28. The Balaban J connectivity index is 1.57. The molecule has 2 nitrogen and oxygen atoms in total. The number of hydrogen-bond donors (Lipinski definition) is 0. The molecule has 2 aliphatic rings. The van der Waals surface area contributed by atoms with Gasteiger partial charge in [-0.3, -0.25) is 0 Å². The van der Waals surface area contributed by atoms with Crippen LogP contribution in [0.4, 0.5) is 11.4 Å². The Kier molecular flexibility index (Phi) is 7.80. The van der Waals surface area contributed by atoms with Gasteiger partial charge in [0.15, 0.2) is 5.71 Å². The van der Waals surface area contributed by atoms with Crippen molar-refractivity contribution in [3.05, 3.63) is 94.7 Å². The monoisotopic (exact) mass is 539 g/mol. The molecule has 0 saturated heterocycles. The van der Waals surface area contributed by atoms with Crippen molar-refractivity contribution < 1.29 is 4.58 Å². The molecule has 2 aliphatic heterocycles. The summed E-state index contributed by atoms with van der Waals surface area (Å²) in [5.74, 6) is 0. The van der Waals surface area contributed by atoms with Crippen LogP contribution in [0.15, 0.2) is 78.5 Å². The van der Waals surface area contributed by atoms with Crippen molar-refractivity contribution in [3.63, 3.8) is 0 Å². The number of rotatable bonds is 9. The third kappa shape index (κ3) is 4.86. The van der Waals surface area contributed by atoms with Crippen molar-refractivity contribution in [2.45, 2.75) is 84.5 Å². The number of benzene rings is 3. The highest BCUT2D eigenvalue weighted by Crippen LogP contribution is 2.49. The van der Waals surface area contributed by atoms with E-state index in [2.05, 4.69) is 118 Å². The van der Waals surface area contributed by atoms with Crippen LogP contribution in [0, 0.1) is 0 Å². The molecule has 2 heterocycles. The molecule has 3 aromatic rings. The second-order valence-corrected chi connectivity index (χ2v) is 12.7. The maximum absolute atomic E-state index is 6.48. The average Bonchev–Trinajstić information content (AvgIpc) is 3.26. The summed E-state index contributed by atoms with van der Waals surface area (Å²) in [5, 5.41) is 3.50. The number of anilines is 1. The maximum Gasteiger partial charge on any atom is 0.210 e. The molecule has 3 aromatic carbocycles. The molecule has 0 fully saturated rings. The van der Waals surface area contributed by atoms with Gasteiger partial charge in [0.2, 0.25) is 5.69 Å². The molecule has 0 bridgehead atoms. The number of nitrogens with zero attached hydrogens (tertiary/aromatic N) is 2. The van der Waals surface area contributed by atoms with Crippen molar-refractivity contribution in [2.75, 3.05) is 18.0 Å². The molecule has 0 radical (unpaired) electrons. The highest BCUT2D eigenvalue weighted by molar-refractivity contribution is 6.30. The number of allylic oxidation sites excluding steroid dienone is 4. The third-order valence-electron chi connectivity index (χ3n) is 8.84. The van der Waals surface area contributed by atoms with E-state index in [1.165, 1.54) is 76.8 Å². The predicted octanol–water partition coefficient (Wildman–Crippen LogP) is 10.1. The summed E-state index contributed by atoms with van der Waals surface area (Å²) in [6, 6.07) is 19.9. The zero-order chi connectivity index (χ0) is 27.8. The Bertz CT molecular complexity index is 1470. The Labute approximate surface area is 240 Å². The summed E-state index contributed by atoms with van der Waals surface area (Å²) in [6.07, 6.45) is 13.1. The summed E-state index contributed by atoms with van der Waals surface area (Å²) in [5.41, 5.74) is 7.99. The van der Waals surface area contributed by atoms with Crippen LogP contribution < -0.4 is 4.90 Å².